The molecule has 0 radical (unpaired) electrons. The van der Waals surface area contributed by atoms with Crippen LogP contribution in [0, 0.1) is 30.9 Å². The van der Waals surface area contributed by atoms with E-state index in [4.69, 9.17) is 0 Å². The Labute approximate surface area is 173 Å². The average molecular weight is 436 g/mol. The van der Waals surface area contributed by atoms with E-state index in [1.807, 2.05) is 0 Å². The van der Waals surface area contributed by atoms with Crippen LogP contribution < -0.4 is 37.4 Å². The van der Waals surface area contributed by atoms with E-state index in [2.05, 4.69) is 21.7 Å². The van der Waals surface area contributed by atoms with Crippen LogP contribution in [0.3, 0.4) is 0 Å². The Morgan fingerprint density at radius 3 is 2.10 bits per heavy atom. The number of nitro benzene ring substituents is 1. The van der Waals surface area contributed by atoms with Gasteiger partial charge in [0.15, 0.2) is 0 Å². The van der Waals surface area contributed by atoms with Crippen molar-refractivity contribution in [3.05, 3.63) is 79.2 Å². The van der Waals surface area contributed by atoms with Crippen LogP contribution in [-0.2, 0) is 0 Å². The zero-order valence-corrected chi connectivity index (χ0v) is 15.7. The Hall–Kier alpha value is -4.06. The van der Waals surface area contributed by atoms with Crippen LogP contribution in [0.1, 0.15) is 6.92 Å². The van der Waals surface area contributed by atoms with Gasteiger partial charge in [-0.3, -0.25) is 31.4 Å². The lowest BCUT2D eigenvalue weighted by Gasteiger charge is -2.38. The monoisotopic (exact) mass is 436 g/mol. The van der Waals surface area contributed by atoms with E-state index in [-0.39, 0.29) is 28.0 Å². The molecule has 16 nitrogen and oxygen atoms in total. The molecule has 0 aliphatic carbocycles. The van der Waals surface area contributed by atoms with Crippen molar-refractivity contribution in [3.63, 3.8) is 0 Å². The second-order valence-corrected chi connectivity index (χ2v) is 5.81. The molecule has 2 aromatic rings. The van der Waals surface area contributed by atoms with E-state index in [1.165, 1.54) is 18.3 Å². The van der Waals surface area contributed by atoms with Gasteiger partial charge in [-0.15, -0.1) is 5.23 Å². The molecule has 2 aromatic carbocycles. The van der Waals surface area contributed by atoms with Gasteiger partial charge in [-0.05, 0) is 37.3 Å². The van der Waals surface area contributed by atoms with Gasteiger partial charge in [0.25, 0.3) is 5.69 Å². The van der Waals surface area contributed by atoms with Crippen molar-refractivity contribution in [1.29, 1.82) is 0 Å². The molecule has 2 rings (SSSR count). The first-order valence-electron chi connectivity index (χ1n) is 8.19. The third-order valence-corrected chi connectivity index (χ3v) is 3.69. The third kappa shape index (κ3) is 6.21. The normalized spacial score (nSPS) is 10.9. The Morgan fingerprint density at radius 2 is 1.55 bits per heavy atom. The minimum Gasteiger partial charge on any atom is -0.769 e. The average Bonchev–Trinajstić information content (AvgIpc) is 2.71. The van der Waals surface area contributed by atoms with Crippen molar-refractivity contribution in [1.82, 2.24) is 10.9 Å². The number of hydrogen-bond donors (Lipinski definition) is 6. The van der Waals surface area contributed by atoms with Gasteiger partial charge in [0.05, 0.1) is 10.6 Å². The molecular weight excluding hydrogens is 420 g/mol. The van der Waals surface area contributed by atoms with Gasteiger partial charge in [0.2, 0.25) is 0 Å². The van der Waals surface area contributed by atoms with Gasteiger partial charge in [-0.1, -0.05) is 0 Å². The van der Waals surface area contributed by atoms with Crippen molar-refractivity contribution in [3.8, 4) is 0 Å². The lowest BCUT2D eigenvalue weighted by molar-refractivity contribution is -0.383. The summed E-state index contributed by atoms with van der Waals surface area (Å²) in [5.41, 5.74) is 9.17. The topological polar surface area (TPSA) is 234 Å². The molecule has 0 saturated carbocycles. The second-order valence-electron chi connectivity index (χ2n) is 5.81. The molecule has 0 aliphatic heterocycles. The highest BCUT2D eigenvalue weighted by Crippen LogP contribution is 2.30. The van der Waals surface area contributed by atoms with Crippen LogP contribution in [0.5, 0.6) is 0 Å². The maximum Gasteiger partial charge on any atom is 0.296 e. The van der Waals surface area contributed by atoms with E-state index >= 15 is 0 Å². The first-order chi connectivity index (χ1) is 14.6. The maximum absolute atomic E-state index is 11.1. The van der Waals surface area contributed by atoms with E-state index < -0.39 is 26.8 Å². The molecular formula is C15H16N8O8-4. The molecule has 0 spiro atoms. The second kappa shape index (κ2) is 10.1. The fraction of sp³-hybridized carbons (Fsp3) is 0.0667. The zero-order chi connectivity index (χ0) is 23.1. The fourth-order valence-corrected chi connectivity index (χ4v) is 2.22. The van der Waals surface area contributed by atoms with E-state index in [1.54, 1.807) is 6.92 Å². The number of nitrogens with one attached hydrogen (secondary N) is 4. The van der Waals surface area contributed by atoms with Crippen molar-refractivity contribution in [2.24, 2.45) is 0 Å². The quantitative estimate of drug-likeness (QED) is 0.231. The van der Waals surface area contributed by atoms with Crippen LogP contribution in [-0.4, -0.2) is 15.3 Å². The molecule has 0 bridgehead atoms. The number of nitro groups is 1. The third-order valence-electron chi connectivity index (χ3n) is 3.69. The van der Waals surface area contributed by atoms with E-state index in [9.17, 15) is 41.4 Å². The lowest BCUT2D eigenvalue weighted by atomic mass is 10.2. The van der Waals surface area contributed by atoms with Crippen LogP contribution in [0.4, 0.5) is 34.1 Å². The summed E-state index contributed by atoms with van der Waals surface area (Å²) in [6.45, 7) is 1.56. The largest absolute Gasteiger partial charge is 0.769 e. The summed E-state index contributed by atoms with van der Waals surface area (Å²) < 4.78 is 0. The summed E-state index contributed by atoms with van der Waals surface area (Å²) in [5.74, 6) is 0. The summed E-state index contributed by atoms with van der Waals surface area (Å²) in [4.78, 5) is 10.3. The molecule has 0 fully saturated rings. The number of rotatable bonds is 10. The van der Waals surface area contributed by atoms with Crippen LogP contribution in [0.15, 0.2) is 48.3 Å². The Bertz CT molecular complexity index is 953. The van der Waals surface area contributed by atoms with E-state index in [0.717, 1.165) is 24.3 Å². The van der Waals surface area contributed by atoms with Gasteiger partial charge < -0.3 is 42.1 Å². The number of nitrogens with zero attached hydrogens (tertiary/aromatic N) is 4. The van der Waals surface area contributed by atoms with Gasteiger partial charge >= 0.3 is 0 Å². The van der Waals surface area contributed by atoms with Crippen molar-refractivity contribution < 1.29 is 15.3 Å². The first-order valence-corrected chi connectivity index (χ1v) is 8.19. The highest BCUT2D eigenvalue weighted by atomic mass is 16.8. The molecule has 0 aromatic heterocycles. The number of allylic oxidation sites excluding steroid dienone is 1. The van der Waals surface area contributed by atoms with Gasteiger partial charge in [0, 0.05) is 29.3 Å². The molecule has 0 heterocycles. The smallest absolute Gasteiger partial charge is 0.296 e. The van der Waals surface area contributed by atoms with Crippen LogP contribution >= 0.6 is 0 Å². The summed E-state index contributed by atoms with van der Waals surface area (Å²) in [5, 5.41) is 70.9. The fourth-order valence-electron chi connectivity index (χ4n) is 2.22. The number of hydrogen-bond acceptors (Lipinski definition) is 15. The predicted molar refractivity (Wildman–Crippen MR) is 111 cm³/mol. The predicted octanol–water partition coefficient (Wildman–Crippen LogP) is 2.18. The van der Waals surface area contributed by atoms with Crippen molar-refractivity contribution in [2.45, 2.75) is 6.92 Å². The van der Waals surface area contributed by atoms with Gasteiger partial charge in [-0.25, -0.2) is 0 Å². The van der Waals surface area contributed by atoms with Gasteiger partial charge in [-0.2, -0.15) is 0 Å². The standard InChI is InChI=1S/C15H16N8O8/c1-9(17-19-13-5-3-11(21(26)27)7-15(13)23(30)31)8-16-18-12-4-2-10(20(24)25)6-14(12)22(28)29/h2-8,16-19,30-31H,1H3/q-4. The van der Waals surface area contributed by atoms with Crippen molar-refractivity contribution >= 4 is 34.1 Å². The molecule has 0 aliphatic rings. The molecule has 0 saturated heterocycles. The molecule has 6 N–H and O–H groups in total. The molecule has 0 unspecified atom stereocenters. The molecule has 31 heavy (non-hydrogen) atoms. The Morgan fingerprint density at radius 1 is 0.968 bits per heavy atom. The summed E-state index contributed by atoms with van der Waals surface area (Å²) in [6, 6.07) is 6.38. The summed E-state index contributed by atoms with van der Waals surface area (Å²) in [6.07, 6.45) is 1.33. The lowest BCUT2D eigenvalue weighted by Crippen LogP contribution is -2.25. The van der Waals surface area contributed by atoms with Gasteiger partial charge in [0.1, 0.15) is 11.4 Å². The summed E-state index contributed by atoms with van der Waals surface area (Å²) >= 11 is 0. The number of benzene rings is 2. The van der Waals surface area contributed by atoms with Crippen molar-refractivity contribution in [2.75, 3.05) is 26.5 Å². The zero-order valence-electron chi connectivity index (χ0n) is 15.7. The minimum atomic E-state index is -0.779. The van der Waals surface area contributed by atoms with Crippen LogP contribution in [0.2, 0.25) is 0 Å². The Balaban J connectivity index is 2.03. The Kier molecular flexibility index (Phi) is 7.58. The number of hydrazine groups is 2. The summed E-state index contributed by atoms with van der Waals surface area (Å²) in [7, 11) is 0. The SMILES string of the molecule is CC(=CNNc1ccc(N([O-])[O-])cc1[N+](=O)[O-])NNc1ccc(N([O-])[O-])cc1N(O)O. The van der Waals surface area contributed by atoms with Crippen LogP contribution in [0.25, 0.3) is 0 Å². The number of anilines is 5. The minimum absolute atomic E-state index is 0.0264. The maximum atomic E-state index is 11.1. The molecule has 0 atom stereocenters. The van der Waals surface area contributed by atoms with E-state index in [0.29, 0.717) is 5.70 Å². The molecule has 16 heteroatoms. The first kappa shape index (κ1) is 23.2. The highest BCUT2D eigenvalue weighted by Gasteiger charge is 2.14. The molecule has 0 amide bonds. The highest BCUT2D eigenvalue weighted by molar-refractivity contribution is 5.73. The molecule has 168 valence electrons.